The van der Waals surface area contributed by atoms with Gasteiger partial charge in [-0.15, -0.1) is 0 Å². The van der Waals surface area contributed by atoms with Gasteiger partial charge >= 0.3 is 0 Å². The summed E-state index contributed by atoms with van der Waals surface area (Å²) in [6, 6.07) is 33.4. The molecule has 7 nitrogen and oxygen atoms in total. The molecule has 1 N–H and O–H groups in total. The van der Waals surface area contributed by atoms with E-state index in [1.165, 1.54) is 21.3 Å². The predicted octanol–water partition coefficient (Wildman–Crippen LogP) is 6.00. The fourth-order valence-electron chi connectivity index (χ4n) is 5.06. The Kier molecular flexibility index (Phi) is 11.3. The van der Waals surface area contributed by atoms with Crippen molar-refractivity contribution >= 4 is 27.5 Å². The largest absolute Gasteiger partial charge is 0.352 e. The summed E-state index contributed by atoms with van der Waals surface area (Å²) in [5.74, 6) is -0.751. The van der Waals surface area contributed by atoms with Crippen molar-refractivity contribution in [2.45, 2.75) is 63.6 Å². The molecule has 2 amide bonds. The molecule has 4 aromatic rings. The van der Waals surface area contributed by atoms with Crippen molar-refractivity contribution in [1.82, 2.24) is 10.2 Å². The van der Waals surface area contributed by atoms with E-state index in [-0.39, 0.29) is 29.8 Å². The van der Waals surface area contributed by atoms with E-state index in [1.54, 1.807) is 30.3 Å². The number of rotatable bonds is 14. The molecule has 0 saturated heterocycles. The van der Waals surface area contributed by atoms with Crippen LogP contribution in [0.5, 0.6) is 0 Å². The highest BCUT2D eigenvalue weighted by Crippen LogP contribution is 2.28. The number of carbonyl (C=O) groups is 2. The van der Waals surface area contributed by atoms with E-state index < -0.39 is 28.5 Å². The Morgan fingerprint density at radius 2 is 1.30 bits per heavy atom. The van der Waals surface area contributed by atoms with Crippen LogP contribution in [0, 0.1) is 0 Å². The van der Waals surface area contributed by atoms with Gasteiger partial charge in [0.1, 0.15) is 12.6 Å². The van der Waals surface area contributed by atoms with E-state index in [0.717, 1.165) is 23.1 Å². The Labute approximate surface area is 261 Å². The highest BCUT2D eigenvalue weighted by Gasteiger charge is 2.35. The van der Waals surface area contributed by atoms with E-state index in [1.807, 2.05) is 93.6 Å². The zero-order valence-corrected chi connectivity index (χ0v) is 26.4. The number of aryl methyl sites for hydroxylation is 1. The molecule has 0 saturated carbocycles. The molecule has 230 valence electrons. The van der Waals surface area contributed by atoms with Crippen LogP contribution in [0.1, 0.15) is 43.9 Å². The molecule has 44 heavy (non-hydrogen) atoms. The summed E-state index contributed by atoms with van der Waals surface area (Å²) >= 11 is 0. The minimum absolute atomic E-state index is 0.0867. The second-order valence-corrected chi connectivity index (χ2v) is 12.7. The van der Waals surface area contributed by atoms with Crippen LogP contribution in [-0.4, -0.2) is 43.8 Å². The summed E-state index contributed by atoms with van der Waals surface area (Å²) < 4.78 is 29.5. The summed E-state index contributed by atoms with van der Waals surface area (Å²) in [5, 5.41) is 3.07. The quantitative estimate of drug-likeness (QED) is 0.190. The maximum Gasteiger partial charge on any atom is 0.264 e. The number of carbonyl (C=O) groups excluding carboxylic acids is 2. The first-order valence-corrected chi connectivity index (χ1v) is 16.5. The van der Waals surface area contributed by atoms with Gasteiger partial charge < -0.3 is 10.2 Å². The average molecular weight is 612 g/mol. The van der Waals surface area contributed by atoms with Crippen molar-refractivity contribution in [3.63, 3.8) is 0 Å². The molecule has 4 rings (SSSR count). The maximum absolute atomic E-state index is 14.5. The Balaban J connectivity index is 1.81. The number of hydrogen-bond acceptors (Lipinski definition) is 4. The van der Waals surface area contributed by atoms with Crippen LogP contribution < -0.4 is 9.62 Å². The van der Waals surface area contributed by atoms with Crippen LogP contribution in [0.4, 0.5) is 5.69 Å². The van der Waals surface area contributed by atoms with Gasteiger partial charge in [-0.3, -0.25) is 13.9 Å². The number of amides is 2. The number of hydrogen-bond donors (Lipinski definition) is 1. The van der Waals surface area contributed by atoms with Gasteiger partial charge in [0, 0.05) is 19.0 Å². The smallest absolute Gasteiger partial charge is 0.264 e. The lowest BCUT2D eigenvalue weighted by atomic mass is 10.0. The SMILES string of the molecule is CCc1ccccc1N(CC(=O)N(Cc1ccccc1)[C@@H](Cc1ccccc1)C(=O)N[C@@H](C)CC)S(=O)(=O)c1ccccc1. The van der Waals surface area contributed by atoms with Gasteiger partial charge in [0.2, 0.25) is 11.8 Å². The summed E-state index contributed by atoms with van der Waals surface area (Å²) in [4.78, 5) is 30.0. The summed E-state index contributed by atoms with van der Waals surface area (Å²) in [7, 11) is -4.13. The number of nitrogens with zero attached hydrogens (tertiary/aromatic N) is 2. The summed E-state index contributed by atoms with van der Waals surface area (Å²) in [6.45, 7) is 5.53. The minimum Gasteiger partial charge on any atom is -0.352 e. The Morgan fingerprint density at radius 3 is 1.89 bits per heavy atom. The molecule has 0 unspecified atom stereocenters. The number of benzene rings is 4. The second kappa shape index (κ2) is 15.3. The van der Waals surface area contributed by atoms with Crippen molar-refractivity contribution in [1.29, 1.82) is 0 Å². The van der Waals surface area contributed by atoms with Gasteiger partial charge in [-0.1, -0.05) is 111 Å². The summed E-state index contributed by atoms with van der Waals surface area (Å²) in [6.07, 6.45) is 1.58. The molecule has 0 aromatic heterocycles. The lowest BCUT2D eigenvalue weighted by Gasteiger charge is -2.34. The van der Waals surface area contributed by atoms with Crippen molar-refractivity contribution in [2.24, 2.45) is 0 Å². The van der Waals surface area contributed by atoms with Crippen LogP contribution in [0.25, 0.3) is 0 Å². The number of anilines is 1. The average Bonchev–Trinajstić information content (AvgIpc) is 3.06. The van der Waals surface area contributed by atoms with Crippen molar-refractivity contribution < 1.29 is 18.0 Å². The third kappa shape index (κ3) is 8.14. The first kappa shape index (κ1) is 32.5. The highest BCUT2D eigenvalue weighted by atomic mass is 32.2. The number of nitrogens with one attached hydrogen (secondary N) is 1. The van der Waals surface area contributed by atoms with E-state index in [0.29, 0.717) is 12.1 Å². The van der Waals surface area contributed by atoms with Gasteiger partial charge in [0.05, 0.1) is 10.6 Å². The standard InChI is InChI=1S/C36H41N3O4S/c1-4-28(3)37-36(41)34(25-29-17-9-6-10-18-29)38(26-30-19-11-7-12-20-30)35(40)27-39(33-24-16-15-21-31(33)5-2)44(42,43)32-22-13-8-14-23-32/h6-24,28,34H,4-5,25-27H2,1-3H3,(H,37,41)/t28-,34-/m0/s1. The van der Waals surface area contributed by atoms with E-state index in [4.69, 9.17) is 0 Å². The van der Waals surface area contributed by atoms with Crippen molar-refractivity contribution in [2.75, 3.05) is 10.8 Å². The minimum atomic E-state index is -4.13. The van der Waals surface area contributed by atoms with Crippen molar-refractivity contribution in [3.8, 4) is 0 Å². The van der Waals surface area contributed by atoms with Gasteiger partial charge in [-0.25, -0.2) is 8.42 Å². The zero-order chi connectivity index (χ0) is 31.5. The maximum atomic E-state index is 14.5. The Bertz CT molecular complexity index is 1610. The van der Waals surface area contributed by atoms with Gasteiger partial charge in [-0.2, -0.15) is 0 Å². The van der Waals surface area contributed by atoms with Gasteiger partial charge in [-0.05, 0) is 54.7 Å². The highest BCUT2D eigenvalue weighted by molar-refractivity contribution is 7.92. The van der Waals surface area contributed by atoms with Crippen LogP contribution in [-0.2, 0) is 39.0 Å². The van der Waals surface area contributed by atoms with Gasteiger partial charge in [0.25, 0.3) is 10.0 Å². The molecule has 4 aromatic carbocycles. The fourth-order valence-corrected chi connectivity index (χ4v) is 6.53. The molecule has 0 spiro atoms. The third-order valence-corrected chi connectivity index (χ3v) is 9.49. The first-order valence-electron chi connectivity index (χ1n) is 15.1. The molecular formula is C36H41N3O4S. The second-order valence-electron chi connectivity index (χ2n) is 10.8. The van der Waals surface area contributed by atoms with Crippen LogP contribution in [0.15, 0.2) is 120 Å². The first-order chi connectivity index (χ1) is 21.2. The van der Waals surface area contributed by atoms with Crippen LogP contribution >= 0.6 is 0 Å². The fraction of sp³-hybridized carbons (Fsp3) is 0.278. The molecule has 0 aliphatic heterocycles. The monoisotopic (exact) mass is 611 g/mol. The topological polar surface area (TPSA) is 86.8 Å². The van der Waals surface area contributed by atoms with Crippen LogP contribution in [0.2, 0.25) is 0 Å². The Morgan fingerprint density at radius 1 is 0.750 bits per heavy atom. The van der Waals surface area contributed by atoms with Crippen molar-refractivity contribution in [3.05, 3.63) is 132 Å². The Hall–Kier alpha value is -4.43. The molecule has 0 heterocycles. The van der Waals surface area contributed by atoms with E-state index in [9.17, 15) is 18.0 Å². The van der Waals surface area contributed by atoms with E-state index >= 15 is 0 Å². The molecule has 8 heteroatoms. The number of para-hydroxylation sites is 1. The predicted molar refractivity (Wildman–Crippen MR) is 176 cm³/mol. The molecule has 0 fully saturated rings. The van der Waals surface area contributed by atoms with Gasteiger partial charge in [0.15, 0.2) is 0 Å². The molecule has 0 radical (unpaired) electrons. The van der Waals surface area contributed by atoms with Crippen LogP contribution in [0.3, 0.4) is 0 Å². The number of sulfonamides is 1. The summed E-state index contributed by atoms with van der Waals surface area (Å²) in [5.41, 5.74) is 2.97. The lowest BCUT2D eigenvalue weighted by Crippen LogP contribution is -2.54. The zero-order valence-electron chi connectivity index (χ0n) is 25.6. The molecule has 0 aliphatic rings. The molecule has 0 bridgehead atoms. The van der Waals surface area contributed by atoms with E-state index in [2.05, 4.69) is 5.32 Å². The third-order valence-electron chi connectivity index (χ3n) is 7.72. The normalized spacial score (nSPS) is 12.6. The lowest BCUT2D eigenvalue weighted by molar-refractivity contribution is -0.140. The molecule has 2 atom stereocenters. The molecule has 0 aliphatic carbocycles. The molecular weight excluding hydrogens is 570 g/mol.